The molecule has 0 aliphatic heterocycles. The third kappa shape index (κ3) is 3.96. The van der Waals surface area contributed by atoms with Gasteiger partial charge in [0.2, 0.25) is 0 Å². The lowest BCUT2D eigenvalue weighted by Crippen LogP contribution is -2.19. The molecule has 4 aromatic rings. The number of anilines is 2. The van der Waals surface area contributed by atoms with E-state index in [2.05, 4.69) is 25.8 Å². The second kappa shape index (κ2) is 7.05. The Kier molecular flexibility index (Phi) is 4.54. The highest BCUT2D eigenvalue weighted by atomic mass is 16.5. The second-order valence-electron chi connectivity index (χ2n) is 7.86. The van der Waals surface area contributed by atoms with Gasteiger partial charge in [-0.2, -0.15) is 0 Å². The monoisotopic (exact) mass is 390 g/mol. The highest BCUT2D eigenvalue weighted by molar-refractivity contribution is 5.99. The summed E-state index contributed by atoms with van der Waals surface area (Å²) in [6.07, 6.45) is 1.74. The quantitative estimate of drug-likeness (QED) is 0.530. The van der Waals surface area contributed by atoms with Gasteiger partial charge in [0.05, 0.1) is 0 Å². The van der Waals surface area contributed by atoms with Crippen molar-refractivity contribution < 1.29 is 9.32 Å². The molecule has 0 radical (unpaired) electrons. The number of benzene rings is 1. The predicted molar refractivity (Wildman–Crippen MR) is 111 cm³/mol. The van der Waals surface area contributed by atoms with E-state index in [1.165, 1.54) is 0 Å². The minimum Gasteiger partial charge on any atom is -0.359 e. The maximum Gasteiger partial charge on any atom is 0.324 e. The summed E-state index contributed by atoms with van der Waals surface area (Å²) < 4.78 is 7.19. The molecule has 0 saturated heterocycles. The number of hydrogen-bond acceptors (Lipinski definition) is 5. The van der Waals surface area contributed by atoms with Crippen LogP contribution >= 0.6 is 0 Å². The fraction of sp³-hybridized carbons (Fsp3) is 0.238. The van der Waals surface area contributed by atoms with Crippen molar-refractivity contribution in [3.8, 4) is 5.69 Å². The maximum atomic E-state index is 12.2. The molecule has 0 unspecified atom stereocenters. The molecule has 0 aliphatic carbocycles. The maximum absolute atomic E-state index is 12.2. The van der Waals surface area contributed by atoms with E-state index in [9.17, 15) is 4.79 Å². The molecular weight excluding hydrogens is 368 g/mol. The Hall–Kier alpha value is -3.68. The lowest BCUT2D eigenvalue weighted by Gasteiger charge is -2.12. The van der Waals surface area contributed by atoms with Crippen LogP contribution in [0.25, 0.3) is 16.9 Å². The molecule has 0 fully saturated rings. The van der Waals surface area contributed by atoms with E-state index in [4.69, 9.17) is 4.52 Å². The fourth-order valence-corrected chi connectivity index (χ4v) is 2.85. The highest BCUT2D eigenvalue weighted by Gasteiger charge is 2.20. The largest absolute Gasteiger partial charge is 0.359 e. The van der Waals surface area contributed by atoms with Crippen molar-refractivity contribution in [2.45, 2.75) is 33.1 Å². The van der Waals surface area contributed by atoms with Crippen molar-refractivity contribution in [3.05, 3.63) is 60.2 Å². The number of rotatable bonds is 3. The molecule has 29 heavy (non-hydrogen) atoms. The van der Waals surface area contributed by atoms with Gasteiger partial charge in [-0.05, 0) is 43.3 Å². The molecule has 4 rings (SSSR count). The van der Waals surface area contributed by atoms with Crippen LogP contribution in [0.1, 0.15) is 32.2 Å². The number of hydrogen-bond donors (Lipinski definition) is 2. The topological polar surface area (TPSA) is 97.9 Å². The first-order valence-corrected chi connectivity index (χ1v) is 9.26. The third-order valence-electron chi connectivity index (χ3n) is 4.43. The van der Waals surface area contributed by atoms with Crippen LogP contribution in [0.5, 0.6) is 0 Å². The predicted octanol–water partition coefficient (Wildman–Crippen LogP) is 4.66. The molecule has 1 aromatic carbocycles. The van der Waals surface area contributed by atoms with E-state index in [0.717, 1.165) is 22.5 Å². The molecule has 2 amide bonds. The van der Waals surface area contributed by atoms with Crippen LogP contribution < -0.4 is 10.6 Å². The Balaban J connectivity index is 1.46. The van der Waals surface area contributed by atoms with Crippen molar-refractivity contribution in [2.75, 3.05) is 10.6 Å². The van der Waals surface area contributed by atoms with Gasteiger partial charge in [0.25, 0.3) is 0 Å². The standard InChI is InChI=1S/C21H22N6O2/c1-13-5-10-16-19(23-13)27(12-22-16)15-8-6-14(7-9-15)24-20(28)25-18-11-17(29-26-18)21(2,3)4/h5-12H,1-4H3,(H2,24,25,26,28). The van der Waals surface area contributed by atoms with E-state index in [1.54, 1.807) is 12.4 Å². The van der Waals surface area contributed by atoms with Crippen molar-refractivity contribution in [3.63, 3.8) is 0 Å². The number of fused-ring (bicyclic) bond motifs is 1. The second-order valence-corrected chi connectivity index (χ2v) is 7.86. The average molecular weight is 390 g/mol. The van der Waals surface area contributed by atoms with Crippen LogP contribution in [-0.2, 0) is 5.41 Å². The van der Waals surface area contributed by atoms with Crippen LogP contribution in [0.2, 0.25) is 0 Å². The molecule has 3 heterocycles. The lowest BCUT2D eigenvalue weighted by atomic mass is 9.93. The Bertz CT molecular complexity index is 1170. The summed E-state index contributed by atoms with van der Waals surface area (Å²) >= 11 is 0. The highest BCUT2D eigenvalue weighted by Crippen LogP contribution is 2.24. The van der Waals surface area contributed by atoms with E-state index in [1.807, 2.05) is 68.7 Å². The normalized spacial score (nSPS) is 11.6. The Morgan fingerprint density at radius 1 is 1.07 bits per heavy atom. The summed E-state index contributed by atoms with van der Waals surface area (Å²) in [6.45, 7) is 7.99. The number of urea groups is 1. The molecule has 0 bridgehead atoms. The number of nitrogens with one attached hydrogen (secondary N) is 2. The summed E-state index contributed by atoms with van der Waals surface area (Å²) in [5.41, 5.74) is 3.94. The van der Waals surface area contributed by atoms with E-state index in [0.29, 0.717) is 17.3 Å². The van der Waals surface area contributed by atoms with Crippen molar-refractivity contribution in [2.24, 2.45) is 0 Å². The zero-order valence-corrected chi connectivity index (χ0v) is 16.7. The van der Waals surface area contributed by atoms with Crippen LogP contribution in [0.4, 0.5) is 16.3 Å². The van der Waals surface area contributed by atoms with Crippen LogP contribution in [0.15, 0.2) is 53.3 Å². The van der Waals surface area contributed by atoms with Gasteiger partial charge in [-0.25, -0.2) is 14.8 Å². The van der Waals surface area contributed by atoms with Gasteiger partial charge in [0.1, 0.15) is 17.6 Å². The fourth-order valence-electron chi connectivity index (χ4n) is 2.85. The smallest absolute Gasteiger partial charge is 0.324 e. The minimum atomic E-state index is -0.392. The Morgan fingerprint density at radius 2 is 1.83 bits per heavy atom. The first-order valence-electron chi connectivity index (χ1n) is 9.26. The van der Waals surface area contributed by atoms with Crippen LogP contribution in [-0.4, -0.2) is 25.7 Å². The molecular formula is C21H22N6O2. The first kappa shape index (κ1) is 18.7. The lowest BCUT2D eigenvalue weighted by molar-refractivity contribution is 0.262. The van der Waals surface area contributed by atoms with Crippen molar-refractivity contribution in [1.29, 1.82) is 0 Å². The number of carbonyl (C=O) groups excluding carboxylic acids is 1. The first-order chi connectivity index (χ1) is 13.8. The summed E-state index contributed by atoms with van der Waals surface area (Å²) in [4.78, 5) is 21.2. The van der Waals surface area contributed by atoms with Crippen molar-refractivity contribution >= 4 is 28.7 Å². The van der Waals surface area contributed by atoms with Gasteiger partial charge in [0.15, 0.2) is 11.5 Å². The number of nitrogens with zero attached hydrogens (tertiary/aromatic N) is 4. The third-order valence-corrected chi connectivity index (χ3v) is 4.43. The summed E-state index contributed by atoms with van der Waals surface area (Å²) in [7, 11) is 0. The molecule has 0 aliphatic rings. The summed E-state index contributed by atoms with van der Waals surface area (Å²) in [5.74, 6) is 1.07. The number of aromatic nitrogens is 4. The zero-order chi connectivity index (χ0) is 20.6. The summed E-state index contributed by atoms with van der Waals surface area (Å²) in [5, 5.41) is 9.34. The number of amides is 2. The van der Waals surface area contributed by atoms with Gasteiger partial charge < -0.3 is 9.84 Å². The van der Waals surface area contributed by atoms with Gasteiger partial charge >= 0.3 is 6.03 Å². The van der Waals surface area contributed by atoms with Gasteiger partial charge in [-0.15, -0.1) is 0 Å². The SMILES string of the molecule is Cc1ccc2ncn(-c3ccc(NC(=O)Nc4cc(C(C)(C)C)on4)cc3)c2n1. The minimum absolute atomic E-state index is 0.176. The number of pyridine rings is 1. The van der Waals surface area contributed by atoms with E-state index >= 15 is 0 Å². The van der Waals surface area contributed by atoms with Gasteiger partial charge in [-0.1, -0.05) is 25.9 Å². The zero-order valence-electron chi connectivity index (χ0n) is 16.7. The molecule has 8 heteroatoms. The average Bonchev–Trinajstić information content (AvgIpc) is 3.29. The van der Waals surface area contributed by atoms with Gasteiger partial charge in [0, 0.05) is 28.6 Å². The number of imidazole rings is 1. The molecule has 8 nitrogen and oxygen atoms in total. The van der Waals surface area contributed by atoms with E-state index < -0.39 is 6.03 Å². The molecule has 2 N–H and O–H groups in total. The van der Waals surface area contributed by atoms with Crippen molar-refractivity contribution in [1.82, 2.24) is 19.7 Å². The Morgan fingerprint density at radius 3 is 2.52 bits per heavy atom. The molecule has 0 atom stereocenters. The Labute approximate surface area is 168 Å². The van der Waals surface area contributed by atoms with Crippen LogP contribution in [0.3, 0.4) is 0 Å². The number of carbonyl (C=O) groups is 1. The molecule has 0 saturated carbocycles. The van der Waals surface area contributed by atoms with Gasteiger partial charge in [-0.3, -0.25) is 9.88 Å². The molecule has 0 spiro atoms. The summed E-state index contributed by atoms with van der Waals surface area (Å²) in [6, 6.07) is 12.6. The van der Waals surface area contributed by atoms with Crippen LogP contribution in [0, 0.1) is 6.92 Å². The number of aryl methyl sites for hydroxylation is 1. The van der Waals surface area contributed by atoms with E-state index in [-0.39, 0.29) is 5.41 Å². The molecule has 148 valence electrons. The molecule has 3 aromatic heterocycles.